The van der Waals surface area contributed by atoms with Gasteiger partial charge in [-0.05, 0) is 31.0 Å². The van der Waals surface area contributed by atoms with E-state index in [2.05, 4.69) is 6.58 Å². The average Bonchev–Trinajstić information content (AvgIpc) is 2.46. The molecular weight excluding hydrogens is 284 g/mol. The number of rotatable bonds is 6. The van der Waals surface area contributed by atoms with Crippen molar-refractivity contribution in [3.63, 3.8) is 0 Å². The fourth-order valence-electron chi connectivity index (χ4n) is 1.88. The molecule has 0 bridgehead atoms. The molecule has 0 atom stereocenters. The van der Waals surface area contributed by atoms with Crippen LogP contribution in [0.4, 0.5) is 0 Å². The van der Waals surface area contributed by atoms with Crippen LogP contribution in [0.15, 0.2) is 71.8 Å². The van der Waals surface area contributed by atoms with Crippen LogP contribution in [0.1, 0.15) is 17.5 Å². The molecule has 2 aromatic rings. The molecule has 0 radical (unpaired) electrons. The van der Waals surface area contributed by atoms with Crippen LogP contribution in [-0.4, -0.2) is 8.42 Å². The van der Waals surface area contributed by atoms with Gasteiger partial charge >= 0.3 is 10.1 Å². The molecule has 0 aliphatic heterocycles. The number of benzene rings is 2. The zero-order chi connectivity index (χ0) is 15.3. The van der Waals surface area contributed by atoms with Crippen molar-refractivity contribution >= 4 is 10.1 Å². The fourth-order valence-corrected chi connectivity index (χ4v) is 2.84. The van der Waals surface area contributed by atoms with E-state index in [4.69, 9.17) is 4.18 Å². The Kier molecular flexibility index (Phi) is 4.81. The predicted molar refractivity (Wildman–Crippen MR) is 83.4 cm³/mol. The van der Waals surface area contributed by atoms with Crippen LogP contribution in [0.5, 0.6) is 0 Å². The Hall–Kier alpha value is -2.07. The van der Waals surface area contributed by atoms with Crippen molar-refractivity contribution in [1.82, 2.24) is 0 Å². The molecular formula is C17H18O3S. The molecule has 110 valence electrons. The molecule has 0 saturated carbocycles. The maximum atomic E-state index is 12.1. The molecule has 3 nitrogen and oxygen atoms in total. The lowest BCUT2D eigenvalue weighted by atomic mass is 10.1. The molecule has 0 aliphatic carbocycles. The summed E-state index contributed by atoms with van der Waals surface area (Å²) in [6, 6.07) is 16.4. The quantitative estimate of drug-likeness (QED) is 0.601. The predicted octanol–water partition coefficient (Wildman–Crippen LogP) is 3.85. The first-order valence-corrected chi connectivity index (χ1v) is 8.11. The number of hydrogen-bond acceptors (Lipinski definition) is 3. The van der Waals surface area contributed by atoms with Crippen LogP contribution in [0, 0.1) is 6.92 Å². The minimum Gasteiger partial charge on any atom is -0.384 e. The summed E-state index contributed by atoms with van der Waals surface area (Å²) in [4.78, 5) is 0.147. The van der Waals surface area contributed by atoms with Gasteiger partial charge in [-0.15, -0.1) is 0 Å². The summed E-state index contributed by atoms with van der Waals surface area (Å²) in [5.74, 6) is 0.249. The maximum absolute atomic E-state index is 12.1. The van der Waals surface area contributed by atoms with Crippen molar-refractivity contribution in [2.24, 2.45) is 0 Å². The Morgan fingerprint density at radius 3 is 2.29 bits per heavy atom. The smallest absolute Gasteiger partial charge is 0.338 e. The fraction of sp³-hybridized carbons (Fsp3) is 0.176. The molecule has 0 aromatic heterocycles. The summed E-state index contributed by atoms with van der Waals surface area (Å²) in [5, 5.41) is 0. The summed E-state index contributed by atoms with van der Waals surface area (Å²) < 4.78 is 29.2. The summed E-state index contributed by atoms with van der Waals surface area (Å²) in [5.41, 5.74) is 2.12. The van der Waals surface area contributed by atoms with Crippen molar-refractivity contribution in [1.29, 1.82) is 0 Å². The second kappa shape index (κ2) is 6.59. The number of allylic oxidation sites excluding steroid dienone is 1. The monoisotopic (exact) mass is 302 g/mol. The van der Waals surface area contributed by atoms with Gasteiger partial charge < -0.3 is 4.18 Å². The van der Waals surface area contributed by atoms with Gasteiger partial charge in [-0.25, -0.2) is 0 Å². The molecule has 0 spiro atoms. The Morgan fingerprint density at radius 1 is 1.05 bits per heavy atom. The van der Waals surface area contributed by atoms with E-state index in [0.29, 0.717) is 12.8 Å². The highest BCUT2D eigenvalue weighted by atomic mass is 32.2. The van der Waals surface area contributed by atoms with Crippen molar-refractivity contribution in [2.45, 2.75) is 24.7 Å². The van der Waals surface area contributed by atoms with Gasteiger partial charge in [0.15, 0.2) is 0 Å². The second-order valence-corrected chi connectivity index (χ2v) is 6.42. The summed E-state index contributed by atoms with van der Waals surface area (Å²) in [6.45, 7) is 5.60. The minimum absolute atomic E-state index is 0.147. The lowest BCUT2D eigenvalue weighted by Crippen LogP contribution is -2.06. The molecule has 0 aliphatic rings. The van der Waals surface area contributed by atoms with Crippen LogP contribution in [-0.2, 0) is 20.7 Å². The normalized spacial score (nSPS) is 11.1. The lowest BCUT2D eigenvalue weighted by molar-refractivity contribution is 0.392. The van der Waals surface area contributed by atoms with Crippen molar-refractivity contribution in [3.05, 3.63) is 78.1 Å². The summed E-state index contributed by atoms with van der Waals surface area (Å²) in [7, 11) is -3.78. The van der Waals surface area contributed by atoms with Crippen molar-refractivity contribution in [3.8, 4) is 0 Å². The Bertz CT molecular complexity index is 701. The first kappa shape index (κ1) is 15.3. The minimum atomic E-state index is -3.78. The van der Waals surface area contributed by atoms with Gasteiger partial charge in [0.05, 0.1) is 0 Å². The average molecular weight is 302 g/mol. The van der Waals surface area contributed by atoms with Gasteiger partial charge in [0.1, 0.15) is 10.7 Å². The number of aryl methyl sites for hydroxylation is 2. The Labute approximate surface area is 126 Å². The first-order valence-electron chi connectivity index (χ1n) is 6.70. The van der Waals surface area contributed by atoms with Gasteiger partial charge in [-0.2, -0.15) is 8.42 Å². The van der Waals surface area contributed by atoms with Crippen LogP contribution >= 0.6 is 0 Å². The molecule has 0 fully saturated rings. The Morgan fingerprint density at radius 2 is 1.67 bits per heavy atom. The standard InChI is InChI=1S/C17H18O3S/c1-14-8-12-17(13-9-14)21(18,19)20-15(2)10-11-16-6-4-3-5-7-16/h3-9,12-13H,2,10-11H2,1H3. The van der Waals surface area contributed by atoms with E-state index >= 15 is 0 Å². The largest absolute Gasteiger partial charge is 0.384 e. The zero-order valence-electron chi connectivity index (χ0n) is 12.0. The molecule has 2 aromatic carbocycles. The highest BCUT2D eigenvalue weighted by Gasteiger charge is 2.16. The Balaban J connectivity index is 1.97. The zero-order valence-corrected chi connectivity index (χ0v) is 12.8. The molecule has 0 amide bonds. The topological polar surface area (TPSA) is 43.4 Å². The maximum Gasteiger partial charge on any atom is 0.338 e. The van der Waals surface area contributed by atoms with E-state index in [-0.39, 0.29) is 10.7 Å². The van der Waals surface area contributed by atoms with E-state index in [1.807, 2.05) is 37.3 Å². The molecule has 4 heteroatoms. The third-order valence-corrected chi connectivity index (χ3v) is 4.38. The molecule has 0 saturated heterocycles. The first-order chi connectivity index (χ1) is 9.97. The van der Waals surface area contributed by atoms with Crippen LogP contribution in [0.25, 0.3) is 0 Å². The second-order valence-electron chi connectivity index (χ2n) is 4.87. The van der Waals surface area contributed by atoms with Gasteiger partial charge in [-0.3, -0.25) is 0 Å². The van der Waals surface area contributed by atoms with E-state index in [9.17, 15) is 8.42 Å². The van der Waals surface area contributed by atoms with Gasteiger partial charge in [0, 0.05) is 6.42 Å². The molecule has 21 heavy (non-hydrogen) atoms. The van der Waals surface area contributed by atoms with E-state index in [0.717, 1.165) is 11.1 Å². The highest BCUT2D eigenvalue weighted by molar-refractivity contribution is 7.86. The molecule has 2 rings (SSSR count). The molecule has 0 N–H and O–H groups in total. The van der Waals surface area contributed by atoms with Crippen LogP contribution in [0.3, 0.4) is 0 Å². The van der Waals surface area contributed by atoms with E-state index in [1.54, 1.807) is 12.1 Å². The van der Waals surface area contributed by atoms with Crippen molar-refractivity contribution in [2.75, 3.05) is 0 Å². The summed E-state index contributed by atoms with van der Waals surface area (Å²) in [6.07, 6.45) is 1.16. The van der Waals surface area contributed by atoms with E-state index < -0.39 is 10.1 Å². The lowest BCUT2D eigenvalue weighted by Gasteiger charge is -2.09. The van der Waals surface area contributed by atoms with Gasteiger partial charge in [0.25, 0.3) is 0 Å². The highest BCUT2D eigenvalue weighted by Crippen LogP contribution is 2.18. The third kappa shape index (κ3) is 4.46. The third-order valence-electron chi connectivity index (χ3n) is 3.07. The van der Waals surface area contributed by atoms with Crippen LogP contribution < -0.4 is 0 Å². The van der Waals surface area contributed by atoms with Gasteiger partial charge in [0.2, 0.25) is 0 Å². The number of hydrogen-bond donors (Lipinski definition) is 0. The van der Waals surface area contributed by atoms with Crippen LogP contribution in [0.2, 0.25) is 0 Å². The van der Waals surface area contributed by atoms with Crippen molar-refractivity contribution < 1.29 is 12.6 Å². The SMILES string of the molecule is C=C(CCc1ccccc1)OS(=O)(=O)c1ccc(C)cc1. The summed E-state index contributed by atoms with van der Waals surface area (Å²) >= 11 is 0. The molecule has 0 heterocycles. The van der Waals surface area contributed by atoms with E-state index in [1.165, 1.54) is 12.1 Å². The van der Waals surface area contributed by atoms with Gasteiger partial charge in [-0.1, -0.05) is 54.6 Å². The molecule has 0 unspecified atom stereocenters.